The summed E-state index contributed by atoms with van der Waals surface area (Å²) in [5, 5.41) is 16.0. The first-order valence-electron chi connectivity index (χ1n) is 12.6. The molecule has 0 bridgehead atoms. The van der Waals surface area contributed by atoms with Gasteiger partial charge in [0.25, 0.3) is 0 Å². The molecule has 0 heterocycles. The maximum absolute atomic E-state index is 11.9. The molecule has 0 aromatic heterocycles. The zero-order valence-electron chi connectivity index (χ0n) is 21.8. The van der Waals surface area contributed by atoms with Crippen molar-refractivity contribution in [1.29, 1.82) is 0 Å². The second-order valence-electron chi connectivity index (χ2n) is 9.20. The Hall–Kier alpha value is -2.03. The highest BCUT2D eigenvalue weighted by Gasteiger charge is 2.23. The zero-order chi connectivity index (χ0) is 25.3. The number of rotatable bonds is 18. The topological polar surface area (TPSA) is 115 Å². The summed E-state index contributed by atoms with van der Waals surface area (Å²) in [6.45, 7) is 8.41. The molecule has 0 radical (unpaired) electrons. The van der Waals surface area contributed by atoms with Crippen LogP contribution in [0.5, 0.6) is 11.5 Å². The van der Waals surface area contributed by atoms with Crippen LogP contribution in [0.3, 0.4) is 0 Å². The second kappa shape index (κ2) is 17.4. The van der Waals surface area contributed by atoms with Gasteiger partial charge in [0, 0.05) is 39.3 Å². The van der Waals surface area contributed by atoms with Crippen LogP contribution >= 0.6 is 0 Å². The smallest absolute Gasteiger partial charge is 0.314 e. The van der Waals surface area contributed by atoms with Gasteiger partial charge in [-0.05, 0) is 48.8 Å². The molecular weight excluding hydrogens is 434 g/mol. The van der Waals surface area contributed by atoms with Crippen LogP contribution in [0.1, 0.15) is 58.4 Å². The van der Waals surface area contributed by atoms with Crippen molar-refractivity contribution in [3.63, 3.8) is 0 Å². The fourth-order valence-electron chi connectivity index (χ4n) is 3.73. The molecule has 1 aromatic rings. The molecule has 1 aromatic carbocycles. The number of nitrogens with two attached hydrogens (primary N) is 1. The summed E-state index contributed by atoms with van der Waals surface area (Å²) in [6, 6.07) is 5.29. The Balaban J connectivity index is 2.63. The lowest BCUT2D eigenvalue weighted by molar-refractivity contribution is 0.125. The van der Waals surface area contributed by atoms with Gasteiger partial charge < -0.3 is 35.7 Å². The standard InChI is InChI=1S/C26H47N3O5/c1-6-7-8-12-28-26(31)29-18-23(30)22(27)17-21(19(2)3)15-20-10-11-24(33-5)25(16-20)34-14-9-13-32-4/h10-11,16,19,21-23,30H,6-9,12-15,17-18,27H2,1-5H3,(H2,28,29,31). The SMILES string of the molecule is CCCCCNC(=O)NCC(O)C(N)CC(Cc1ccc(OC)c(OCCCOC)c1)C(C)C. The summed E-state index contributed by atoms with van der Waals surface area (Å²) in [6.07, 6.45) is 4.59. The quantitative estimate of drug-likeness (QED) is 0.239. The van der Waals surface area contributed by atoms with E-state index in [4.69, 9.17) is 19.9 Å². The number of aliphatic hydroxyl groups is 1. The van der Waals surface area contributed by atoms with E-state index < -0.39 is 12.1 Å². The Morgan fingerprint density at radius 1 is 1.09 bits per heavy atom. The van der Waals surface area contributed by atoms with Gasteiger partial charge in [0.1, 0.15) is 0 Å². The van der Waals surface area contributed by atoms with Crippen molar-refractivity contribution in [2.75, 3.05) is 40.5 Å². The van der Waals surface area contributed by atoms with Crippen molar-refractivity contribution >= 4 is 6.03 Å². The van der Waals surface area contributed by atoms with Gasteiger partial charge in [0.15, 0.2) is 11.5 Å². The molecule has 0 aliphatic carbocycles. The van der Waals surface area contributed by atoms with Gasteiger partial charge in [0.05, 0.1) is 19.8 Å². The highest BCUT2D eigenvalue weighted by Crippen LogP contribution is 2.31. The number of aliphatic hydroxyl groups excluding tert-OH is 1. The molecule has 0 spiro atoms. The predicted octanol–water partition coefficient (Wildman–Crippen LogP) is 3.49. The Kier molecular flexibility index (Phi) is 15.4. The first kappa shape index (κ1) is 30.0. The number of carbonyl (C=O) groups excluding carboxylic acids is 1. The molecule has 0 aliphatic heterocycles. The summed E-state index contributed by atoms with van der Waals surface area (Å²) in [4.78, 5) is 11.9. The number of hydrogen-bond acceptors (Lipinski definition) is 6. The fraction of sp³-hybridized carbons (Fsp3) is 0.731. The van der Waals surface area contributed by atoms with Crippen molar-refractivity contribution in [3.8, 4) is 11.5 Å². The minimum Gasteiger partial charge on any atom is -0.493 e. The molecule has 0 saturated heterocycles. The maximum atomic E-state index is 11.9. The minimum atomic E-state index is -0.807. The highest BCUT2D eigenvalue weighted by molar-refractivity contribution is 5.73. The Morgan fingerprint density at radius 3 is 2.50 bits per heavy atom. The van der Waals surface area contributed by atoms with Crippen LogP contribution in [0.25, 0.3) is 0 Å². The van der Waals surface area contributed by atoms with E-state index in [0.717, 1.165) is 43.4 Å². The first-order chi connectivity index (χ1) is 16.3. The summed E-state index contributed by atoms with van der Waals surface area (Å²) in [5.41, 5.74) is 7.46. The van der Waals surface area contributed by atoms with Crippen LogP contribution < -0.4 is 25.8 Å². The first-order valence-corrected chi connectivity index (χ1v) is 12.6. The normalized spacial score (nSPS) is 13.9. The van der Waals surface area contributed by atoms with E-state index in [1.165, 1.54) is 0 Å². The molecule has 8 heteroatoms. The number of methoxy groups -OCH3 is 2. The molecule has 1 rings (SSSR count). The van der Waals surface area contributed by atoms with Crippen molar-refractivity contribution < 1.29 is 24.1 Å². The molecule has 0 aliphatic rings. The van der Waals surface area contributed by atoms with E-state index in [1.54, 1.807) is 14.2 Å². The average molecular weight is 482 g/mol. The second-order valence-corrected chi connectivity index (χ2v) is 9.20. The van der Waals surface area contributed by atoms with Gasteiger partial charge in [0.2, 0.25) is 0 Å². The number of unbranched alkanes of at least 4 members (excludes halogenated alkanes) is 2. The van der Waals surface area contributed by atoms with E-state index in [9.17, 15) is 9.90 Å². The van der Waals surface area contributed by atoms with E-state index >= 15 is 0 Å². The van der Waals surface area contributed by atoms with E-state index in [1.807, 2.05) is 18.2 Å². The summed E-state index contributed by atoms with van der Waals surface area (Å²) >= 11 is 0. The van der Waals surface area contributed by atoms with E-state index in [-0.39, 0.29) is 18.5 Å². The Morgan fingerprint density at radius 2 is 1.85 bits per heavy atom. The maximum Gasteiger partial charge on any atom is 0.314 e. The molecule has 3 atom stereocenters. The van der Waals surface area contributed by atoms with Gasteiger partial charge in [-0.25, -0.2) is 4.79 Å². The molecule has 196 valence electrons. The fourth-order valence-corrected chi connectivity index (χ4v) is 3.73. The minimum absolute atomic E-state index is 0.133. The molecule has 0 saturated carbocycles. The number of carbonyl (C=O) groups is 1. The van der Waals surface area contributed by atoms with Gasteiger partial charge in [-0.15, -0.1) is 0 Å². The van der Waals surface area contributed by atoms with Gasteiger partial charge in [-0.3, -0.25) is 0 Å². The van der Waals surface area contributed by atoms with Crippen molar-refractivity contribution in [2.24, 2.45) is 17.6 Å². The van der Waals surface area contributed by atoms with Crippen LogP contribution in [-0.2, 0) is 11.2 Å². The van der Waals surface area contributed by atoms with E-state index in [2.05, 4.69) is 31.4 Å². The zero-order valence-corrected chi connectivity index (χ0v) is 21.8. The van der Waals surface area contributed by atoms with Crippen LogP contribution in [0.2, 0.25) is 0 Å². The number of ether oxygens (including phenoxy) is 3. The summed E-state index contributed by atoms with van der Waals surface area (Å²) in [7, 11) is 3.31. The van der Waals surface area contributed by atoms with Crippen LogP contribution in [0, 0.1) is 11.8 Å². The molecule has 3 unspecified atom stereocenters. The van der Waals surface area contributed by atoms with Crippen molar-refractivity contribution in [2.45, 2.75) is 71.4 Å². The lowest BCUT2D eigenvalue weighted by Gasteiger charge is -2.27. The van der Waals surface area contributed by atoms with Gasteiger partial charge in [-0.2, -0.15) is 0 Å². The molecule has 0 fully saturated rings. The molecule has 34 heavy (non-hydrogen) atoms. The van der Waals surface area contributed by atoms with E-state index in [0.29, 0.717) is 37.8 Å². The number of nitrogens with one attached hydrogen (secondary N) is 2. The third-order valence-electron chi connectivity index (χ3n) is 6.03. The number of benzene rings is 1. The largest absolute Gasteiger partial charge is 0.493 e. The molecule has 8 nitrogen and oxygen atoms in total. The Labute approximate surface area is 205 Å². The highest BCUT2D eigenvalue weighted by atomic mass is 16.5. The molecule has 2 amide bonds. The van der Waals surface area contributed by atoms with Gasteiger partial charge >= 0.3 is 6.03 Å². The monoisotopic (exact) mass is 481 g/mol. The van der Waals surface area contributed by atoms with Gasteiger partial charge in [-0.1, -0.05) is 39.7 Å². The van der Waals surface area contributed by atoms with Crippen molar-refractivity contribution in [1.82, 2.24) is 10.6 Å². The van der Waals surface area contributed by atoms with Crippen LogP contribution in [0.4, 0.5) is 4.79 Å². The lowest BCUT2D eigenvalue weighted by atomic mass is 9.83. The third kappa shape index (κ3) is 11.9. The molecular formula is C26H47N3O5. The Bertz CT molecular complexity index is 686. The number of hydrogen-bond donors (Lipinski definition) is 4. The van der Waals surface area contributed by atoms with Crippen LogP contribution in [-0.4, -0.2) is 63.8 Å². The van der Waals surface area contributed by atoms with Crippen molar-refractivity contribution in [3.05, 3.63) is 23.8 Å². The number of amides is 2. The summed E-state index contributed by atoms with van der Waals surface area (Å²) in [5.74, 6) is 2.06. The lowest BCUT2D eigenvalue weighted by Crippen LogP contribution is -2.47. The van der Waals surface area contributed by atoms with Crippen LogP contribution in [0.15, 0.2) is 18.2 Å². The summed E-state index contributed by atoms with van der Waals surface area (Å²) < 4.78 is 16.4. The molecule has 5 N–H and O–H groups in total. The number of urea groups is 1. The average Bonchev–Trinajstić information content (AvgIpc) is 2.82. The predicted molar refractivity (Wildman–Crippen MR) is 137 cm³/mol. The third-order valence-corrected chi connectivity index (χ3v) is 6.03.